The number of amides is 1. The van der Waals surface area contributed by atoms with Gasteiger partial charge in [0.1, 0.15) is 0 Å². The lowest BCUT2D eigenvalue weighted by Crippen LogP contribution is -2.26. The molecular weight excluding hydrogens is 260 g/mol. The van der Waals surface area contributed by atoms with Gasteiger partial charge in [0, 0.05) is 6.54 Å². The molecule has 0 saturated carbocycles. The van der Waals surface area contributed by atoms with E-state index in [1.54, 1.807) is 12.1 Å². The molecule has 0 atom stereocenters. The molecule has 1 amide bonds. The van der Waals surface area contributed by atoms with Crippen molar-refractivity contribution in [1.29, 1.82) is 0 Å². The van der Waals surface area contributed by atoms with E-state index in [4.69, 9.17) is 4.42 Å². The van der Waals surface area contributed by atoms with Gasteiger partial charge in [0.2, 0.25) is 0 Å². The molecule has 0 aliphatic carbocycles. The number of carbonyl (C=O) groups excluding carboxylic acids is 1. The van der Waals surface area contributed by atoms with Crippen molar-refractivity contribution in [2.24, 2.45) is 0 Å². The monoisotopic (exact) mass is 274 g/mol. The maximum Gasteiger partial charge on any atom is 0.287 e. The quantitative estimate of drug-likeness (QED) is 0.832. The standard InChI is InChI=1S/C10H15BrN2O2/c1-13(2)7-3-6-12-10(14)8-4-5-9(11)15-8/h4-5H,3,6-7H2,1-2H3,(H,12,14). The highest BCUT2D eigenvalue weighted by atomic mass is 79.9. The zero-order valence-corrected chi connectivity index (χ0v) is 10.5. The van der Waals surface area contributed by atoms with Crippen LogP contribution in [0.25, 0.3) is 0 Å². The summed E-state index contributed by atoms with van der Waals surface area (Å²) < 4.78 is 5.69. The third-order valence-corrected chi connectivity index (χ3v) is 2.29. The first-order chi connectivity index (χ1) is 7.09. The maximum absolute atomic E-state index is 11.5. The molecule has 84 valence electrons. The van der Waals surface area contributed by atoms with Crippen LogP contribution in [0.1, 0.15) is 17.0 Å². The first-order valence-corrected chi connectivity index (χ1v) is 5.57. The fraction of sp³-hybridized carbons (Fsp3) is 0.500. The smallest absolute Gasteiger partial charge is 0.287 e. The third kappa shape index (κ3) is 4.48. The van der Waals surface area contributed by atoms with Gasteiger partial charge in [-0.3, -0.25) is 4.79 Å². The van der Waals surface area contributed by atoms with E-state index in [2.05, 4.69) is 26.1 Å². The Morgan fingerprint density at radius 3 is 2.80 bits per heavy atom. The van der Waals surface area contributed by atoms with E-state index in [0.717, 1.165) is 13.0 Å². The fourth-order valence-corrected chi connectivity index (χ4v) is 1.43. The predicted molar refractivity (Wildman–Crippen MR) is 61.9 cm³/mol. The number of carbonyl (C=O) groups is 1. The minimum Gasteiger partial charge on any atom is -0.444 e. The second-order valence-corrected chi connectivity index (χ2v) is 4.30. The number of furan rings is 1. The molecule has 1 aromatic heterocycles. The van der Waals surface area contributed by atoms with Crippen LogP contribution < -0.4 is 5.32 Å². The highest BCUT2D eigenvalue weighted by Gasteiger charge is 2.08. The van der Waals surface area contributed by atoms with Crippen LogP contribution in [0, 0.1) is 0 Å². The summed E-state index contributed by atoms with van der Waals surface area (Å²) in [5.41, 5.74) is 0. The average Bonchev–Trinajstić information content (AvgIpc) is 2.59. The van der Waals surface area contributed by atoms with Gasteiger partial charge >= 0.3 is 0 Å². The molecule has 1 rings (SSSR count). The molecule has 0 radical (unpaired) electrons. The van der Waals surface area contributed by atoms with Crippen LogP contribution in [-0.2, 0) is 0 Å². The minimum absolute atomic E-state index is 0.167. The molecule has 4 nitrogen and oxygen atoms in total. The number of hydrogen-bond acceptors (Lipinski definition) is 3. The molecular formula is C10H15BrN2O2. The Bertz CT molecular complexity index is 323. The van der Waals surface area contributed by atoms with Gasteiger partial charge in [0.15, 0.2) is 10.4 Å². The van der Waals surface area contributed by atoms with E-state index in [0.29, 0.717) is 17.0 Å². The van der Waals surface area contributed by atoms with Crippen molar-refractivity contribution in [3.8, 4) is 0 Å². The van der Waals surface area contributed by atoms with Crippen molar-refractivity contribution in [3.05, 3.63) is 22.6 Å². The summed E-state index contributed by atoms with van der Waals surface area (Å²) in [6.07, 6.45) is 0.931. The van der Waals surface area contributed by atoms with Crippen molar-refractivity contribution in [3.63, 3.8) is 0 Å². The van der Waals surface area contributed by atoms with Gasteiger partial charge in [-0.15, -0.1) is 0 Å². The Kier molecular flexibility index (Phi) is 4.84. The van der Waals surface area contributed by atoms with E-state index >= 15 is 0 Å². The molecule has 0 spiro atoms. The molecule has 0 fully saturated rings. The molecule has 15 heavy (non-hydrogen) atoms. The molecule has 1 heterocycles. The van der Waals surface area contributed by atoms with Crippen LogP contribution in [0.3, 0.4) is 0 Å². The molecule has 5 heteroatoms. The topological polar surface area (TPSA) is 45.5 Å². The van der Waals surface area contributed by atoms with Crippen molar-refractivity contribution in [2.75, 3.05) is 27.2 Å². The second-order valence-electron chi connectivity index (χ2n) is 3.52. The predicted octanol–water partition coefficient (Wildman–Crippen LogP) is 1.72. The van der Waals surface area contributed by atoms with Crippen LogP contribution in [-0.4, -0.2) is 38.0 Å². The van der Waals surface area contributed by atoms with Crippen LogP contribution in [0.15, 0.2) is 21.2 Å². The first-order valence-electron chi connectivity index (χ1n) is 4.78. The van der Waals surface area contributed by atoms with E-state index in [1.807, 2.05) is 14.1 Å². The largest absolute Gasteiger partial charge is 0.444 e. The molecule has 0 aliphatic heterocycles. The van der Waals surface area contributed by atoms with Crippen molar-refractivity contribution in [1.82, 2.24) is 10.2 Å². The number of rotatable bonds is 5. The van der Waals surface area contributed by atoms with Gasteiger partial charge in [-0.25, -0.2) is 0 Å². The lowest BCUT2D eigenvalue weighted by atomic mass is 10.3. The Morgan fingerprint density at radius 2 is 2.27 bits per heavy atom. The first kappa shape index (κ1) is 12.3. The summed E-state index contributed by atoms with van der Waals surface area (Å²) in [6, 6.07) is 3.35. The normalized spacial score (nSPS) is 10.7. The van der Waals surface area contributed by atoms with Crippen molar-refractivity contribution in [2.45, 2.75) is 6.42 Å². The Hall–Kier alpha value is -0.810. The summed E-state index contributed by atoms with van der Waals surface area (Å²) in [5.74, 6) is 0.172. The van der Waals surface area contributed by atoms with Crippen LogP contribution >= 0.6 is 15.9 Å². The zero-order valence-electron chi connectivity index (χ0n) is 8.92. The van der Waals surface area contributed by atoms with Gasteiger partial charge in [-0.05, 0) is 55.1 Å². The lowest BCUT2D eigenvalue weighted by Gasteiger charge is -2.08. The number of halogens is 1. The van der Waals surface area contributed by atoms with Gasteiger partial charge < -0.3 is 14.6 Å². The highest BCUT2D eigenvalue weighted by Crippen LogP contribution is 2.13. The zero-order chi connectivity index (χ0) is 11.3. The van der Waals surface area contributed by atoms with Crippen LogP contribution in [0.4, 0.5) is 0 Å². The van der Waals surface area contributed by atoms with Gasteiger partial charge in [0.05, 0.1) is 0 Å². The van der Waals surface area contributed by atoms with E-state index in [9.17, 15) is 4.79 Å². The third-order valence-electron chi connectivity index (χ3n) is 1.86. The van der Waals surface area contributed by atoms with Crippen LogP contribution in [0.5, 0.6) is 0 Å². The summed E-state index contributed by atoms with van der Waals surface area (Å²) >= 11 is 3.15. The van der Waals surface area contributed by atoms with E-state index < -0.39 is 0 Å². The Labute approximate surface area is 97.8 Å². The molecule has 0 aliphatic rings. The van der Waals surface area contributed by atoms with E-state index in [1.165, 1.54) is 0 Å². The summed E-state index contributed by atoms with van der Waals surface area (Å²) in [5, 5.41) is 2.79. The summed E-state index contributed by atoms with van der Waals surface area (Å²) in [6.45, 7) is 1.62. The van der Waals surface area contributed by atoms with Crippen LogP contribution in [0.2, 0.25) is 0 Å². The van der Waals surface area contributed by atoms with Gasteiger partial charge in [-0.1, -0.05) is 0 Å². The Morgan fingerprint density at radius 1 is 1.53 bits per heavy atom. The summed E-state index contributed by atoms with van der Waals surface area (Å²) in [4.78, 5) is 13.5. The maximum atomic E-state index is 11.5. The lowest BCUT2D eigenvalue weighted by molar-refractivity contribution is 0.0923. The average molecular weight is 275 g/mol. The fourth-order valence-electron chi connectivity index (χ4n) is 1.12. The van der Waals surface area contributed by atoms with E-state index in [-0.39, 0.29) is 5.91 Å². The number of hydrogen-bond donors (Lipinski definition) is 1. The Balaban J connectivity index is 2.25. The number of nitrogens with one attached hydrogen (secondary N) is 1. The SMILES string of the molecule is CN(C)CCCNC(=O)c1ccc(Br)o1. The van der Waals surface area contributed by atoms with Crippen molar-refractivity contribution < 1.29 is 9.21 Å². The molecule has 1 N–H and O–H groups in total. The molecule has 0 aromatic carbocycles. The van der Waals surface area contributed by atoms with Gasteiger partial charge in [0.25, 0.3) is 5.91 Å². The number of nitrogens with zero attached hydrogens (tertiary/aromatic N) is 1. The highest BCUT2D eigenvalue weighted by molar-refractivity contribution is 9.10. The molecule has 0 unspecified atom stereocenters. The minimum atomic E-state index is -0.167. The summed E-state index contributed by atoms with van der Waals surface area (Å²) in [7, 11) is 4.01. The van der Waals surface area contributed by atoms with Crippen molar-refractivity contribution >= 4 is 21.8 Å². The molecule has 1 aromatic rings. The molecule has 0 saturated heterocycles. The van der Waals surface area contributed by atoms with Gasteiger partial charge in [-0.2, -0.15) is 0 Å². The molecule has 0 bridgehead atoms. The second kappa shape index (κ2) is 5.92.